The Labute approximate surface area is 151 Å². The van der Waals surface area contributed by atoms with Crippen LogP contribution in [0.2, 0.25) is 0 Å². The lowest BCUT2D eigenvalue weighted by Crippen LogP contribution is -2.35. The van der Waals surface area contributed by atoms with Crippen LogP contribution in [0.25, 0.3) is 11.1 Å². The van der Waals surface area contributed by atoms with E-state index in [1.165, 1.54) is 6.07 Å². The van der Waals surface area contributed by atoms with E-state index in [1.54, 1.807) is 19.1 Å². The molecule has 0 bridgehead atoms. The molecule has 0 fully saturated rings. The van der Waals surface area contributed by atoms with Crippen LogP contribution in [0, 0.1) is 18.7 Å². The summed E-state index contributed by atoms with van der Waals surface area (Å²) in [4.78, 5) is 16.5. The van der Waals surface area contributed by atoms with Crippen LogP contribution in [0.1, 0.15) is 35.5 Å². The van der Waals surface area contributed by atoms with Crippen molar-refractivity contribution in [3.05, 3.63) is 46.9 Å². The fraction of sp³-hybridized carbons (Fsp3) is 0.400. The van der Waals surface area contributed by atoms with Gasteiger partial charge in [0.25, 0.3) is 0 Å². The minimum Gasteiger partial charge on any atom is -0.471 e. The molecule has 0 amide bonds. The number of halogens is 1. The Hall–Kier alpha value is -2.47. The van der Waals surface area contributed by atoms with Gasteiger partial charge in [0.05, 0.1) is 13.2 Å². The summed E-state index contributed by atoms with van der Waals surface area (Å²) in [6.45, 7) is 5.54. The third-order valence-electron chi connectivity index (χ3n) is 4.59. The molecule has 3 rings (SSSR count). The fourth-order valence-corrected chi connectivity index (χ4v) is 3.16. The van der Waals surface area contributed by atoms with E-state index in [2.05, 4.69) is 4.98 Å². The van der Waals surface area contributed by atoms with Crippen molar-refractivity contribution in [2.45, 2.75) is 33.3 Å². The summed E-state index contributed by atoms with van der Waals surface area (Å²) >= 11 is 0. The molecule has 1 aliphatic heterocycles. The lowest BCUT2D eigenvalue weighted by Gasteiger charge is -2.31. The quantitative estimate of drug-likeness (QED) is 0.849. The highest BCUT2D eigenvalue weighted by Crippen LogP contribution is 2.38. The summed E-state index contributed by atoms with van der Waals surface area (Å²) in [6, 6.07) is 6.52. The Morgan fingerprint density at radius 3 is 2.81 bits per heavy atom. The van der Waals surface area contributed by atoms with Gasteiger partial charge in [-0.05, 0) is 49.4 Å². The third kappa shape index (κ3) is 3.42. The fourth-order valence-electron chi connectivity index (χ4n) is 3.16. The van der Waals surface area contributed by atoms with Crippen molar-refractivity contribution in [1.29, 1.82) is 0 Å². The van der Waals surface area contributed by atoms with E-state index in [9.17, 15) is 14.3 Å². The van der Waals surface area contributed by atoms with E-state index in [1.807, 2.05) is 19.9 Å². The van der Waals surface area contributed by atoms with Crippen LogP contribution in [-0.4, -0.2) is 35.4 Å². The highest BCUT2D eigenvalue weighted by atomic mass is 19.1. The van der Waals surface area contributed by atoms with Gasteiger partial charge in [-0.3, -0.25) is 0 Å². The number of pyridine rings is 1. The summed E-state index contributed by atoms with van der Waals surface area (Å²) in [6.07, 6.45) is 0.155. The molecular weight excluding hydrogens is 337 g/mol. The van der Waals surface area contributed by atoms with E-state index >= 15 is 0 Å². The van der Waals surface area contributed by atoms with Gasteiger partial charge in [-0.2, -0.15) is 0 Å². The molecule has 138 valence electrons. The Kier molecular flexibility index (Phi) is 5.23. The van der Waals surface area contributed by atoms with E-state index in [0.29, 0.717) is 17.5 Å². The number of carbonyl (C=O) groups excluding carboxylic acids is 1. The topological polar surface area (TPSA) is 68.7 Å². The van der Waals surface area contributed by atoms with E-state index in [0.717, 1.165) is 11.1 Å². The van der Waals surface area contributed by atoms with Gasteiger partial charge in [-0.25, -0.2) is 14.2 Å². The van der Waals surface area contributed by atoms with Crippen molar-refractivity contribution in [3.8, 4) is 17.0 Å². The number of aliphatic hydroxyl groups excluding tert-OH is 1. The zero-order chi connectivity index (χ0) is 18.8. The molecule has 2 aromatic rings. The SMILES string of the molecule is CCOC(=O)c1cc(-c2ccc(C)cc2F)c2c(n1)O[C@@H](CO)[C@@H](C)C2. The van der Waals surface area contributed by atoms with Gasteiger partial charge >= 0.3 is 5.97 Å². The Morgan fingerprint density at radius 1 is 1.38 bits per heavy atom. The maximum atomic E-state index is 14.6. The molecule has 0 saturated heterocycles. The lowest BCUT2D eigenvalue weighted by molar-refractivity contribution is 0.0491. The molecular formula is C20H22FNO4. The molecule has 2 atom stereocenters. The minimum absolute atomic E-state index is 0.0370. The molecule has 6 heteroatoms. The predicted octanol–water partition coefficient (Wildman–Crippen LogP) is 3.30. The first-order valence-electron chi connectivity index (χ1n) is 8.69. The lowest BCUT2D eigenvalue weighted by atomic mass is 9.88. The number of esters is 1. The largest absolute Gasteiger partial charge is 0.471 e. The van der Waals surface area contributed by atoms with Crippen LogP contribution in [0.15, 0.2) is 24.3 Å². The molecule has 0 aliphatic carbocycles. The summed E-state index contributed by atoms with van der Waals surface area (Å²) in [5.74, 6) is -0.672. The minimum atomic E-state index is -0.591. The first-order chi connectivity index (χ1) is 12.4. The maximum Gasteiger partial charge on any atom is 0.357 e. The number of nitrogens with zero attached hydrogens (tertiary/aromatic N) is 1. The Morgan fingerprint density at radius 2 is 2.15 bits per heavy atom. The van der Waals surface area contributed by atoms with Crippen LogP contribution in [0.4, 0.5) is 4.39 Å². The standard InChI is InChI=1S/C20H22FNO4/c1-4-25-20(24)17-9-14(13-6-5-11(2)7-16(13)21)15-8-12(3)18(10-23)26-19(15)22-17/h5-7,9,12,18,23H,4,8,10H2,1-3H3/t12-,18-/m0/s1. The van der Waals surface area contributed by atoms with Crippen LogP contribution in [0.3, 0.4) is 0 Å². The van der Waals surface area contributed by atoms with Crippen LogP contribution >= 0.6 is 0 Å². The molecule has 0 saturated carbocycles. The number of hydrogen-bond acceptors (Lipinski definition) is 5. The highest BCUT2D eigenvalue weighted by molar-refractivity contribution is 5.90. The average molecular weight is 359 g/mol. The molecule has 1 aromatic carbocycles. The molecule has 0 radical (unpaired) electrons. The van der Waals surface area contributed by atoms with Gasteiger partial charge < -0.3 is 14.6 Å². The Balaban J connectivity index is 2.18. The van der Waals surface area contributed by atoms with Gasteiger partial charge in [-0.1, -0.05) is 19.1 Å². The van der Waals surface area contributed by atoms with Crippen molar-refractivity contribution >= 4 is 5.97 Å². The van der Waals surface area contributed by atoms with Crippen LogP contribution in [-0.2, 0) is 11.2 Å². The number of aliphatic hydroxyl groups is 1. The normalized spacial score (nSPS) is 18.8. The second kappa shape index (κ2) is 7.41. The summed E-state index contributed by atoms with van der Waals surface area (Å²) in [7, 11) is 0. The number of rotatable bonds is 4. The van der Waals surface area contributed by atoms with Crippen molar-refractivity contribution < 1.29 is 23.8 Å². The second-order valence-corrected chi connectivity index (χ2v) is 6.56. The first kappa shape index (κ1) is 18.3. The summed E-state index contributed by atoms with van der Waals surface area (Å²) in [5, 5.41) is 9.51. The summed E-state index contributed by atoms with van der Waals surface area (Å²) < 4.78 is 25.4. The van der Waals surface area contributed by atoms with Crippen molar-refractivity contribution in [2.24, 2.45) is 5.92 Å². The molecule has 5 nitrogen and oxygen atoms in total. The number of aryl methyl sites for hydroxylation is 1. The monoisotopic (exact) mass is 359 g/mol. The molecule has 0 spiro atoms. The van der Waals surface area contributed by atoms with Crippen molar-refractivity contribution in [2.75, 3.05) is 13.2 Å². The molecule has 0 unspecified atom stereocenters. The number of carbonyl (C=O) groups is 1. The number of benzene rings is 1. The molecule has 1 aliphatic rings. The van der Waals surface area contributed by atoms with Gasteiger partial charge in [0.15, 0.2) is 5.69 Å². The third-order valence-corrected chi connectivity index (χ3v) is 4.59. The average Bonchev–Trinajstić information content (AvgIpc) is 2.61. The van der Waals surface area contributed by atoms with Crippen molar-refractivity contribution in [3.63, 3.8) is 0 Å². The number of fused-ring (bicyclic) bond motifs is 1. The van der Waals surface area contributed by atoms with Gasteiger partial charge in [-0.15, -0.1) is 0 Å². The zero-order valence-corrected chi connectivity index (χ0v) is 15.1. The molecule has 2 heterocycles. The van der Waals surface area contributed by atoms with E-state index in [4.69, 9.17) is 9.47 Å². The van der Waals surface area contributed by atoms with Crippen molar-refractivity contribution in [1.82, 2.24) is 4.98 Å². The number of hydrogen-bond donors (Lipinski definition) is 1. The van der Waals surface area contributed by atoms with E-state index < -0.39 is 12.1 Å². The zero-order valence-electron chi connectivity index (χ0n) is 15.1. The highest BCUT2D eigenvalue weighted by Gasteiger charge is 2.31. The number of aromatic nitrogens is 1. The van der Waals surface area contributed by atoms with Crippen LogP contribution in [0.5, 0.6) is 5.88 Å². The van der Waals surface area contributed by atoms with Gasteiger partial charge in [0, 0.05) is 11.1 Å². The molecule has 1 N–H and O–H groups in total. The van der Waals surface area contributed by atoms with Gasteiger partial charge in [0.2, 0.25) is 5.88 Å². The first-order valence-corrected chi connectivity index (χ1v) is 8.69. The molecule has 26 heavy (non-hydrogen) atoms. The summed E-state index contributed by atoms with van der Waals surface area (Å²) in [5.41, 5.74) is 2.56. The molecule has 1 aromatic heterocycles. The number of ether oxygens (including phenoxy) is 2. The Bertz CT molecular complexity index is 837. The van der Waals surface area contributed by atoms with Gasteiger partial charge in [0.1, 0.15) is 11.9 Å². The predicted molar refractivity (Wildman–Crippen MR) is 94.7 cm³/mol. The van der Waals surface area contributed by atoms with Crippen LogP contribution < -0.4 is 4.74 Å². The second-order valence-electron chi connectivity index (χ2n) is 6.56. The smallest absolute Gasteiger partial charge is 0.357 e. The van der Waals surface area contributed by atoms with E-state index in [-0.39, 0.29) is 36.5 Å². The maximum absolute atomic E-state index is 14.6.